The third kappa shape index (κ3) is 0.764. The summed E-state index contributed by atoms with van der Waals surface area (Å²) in [6.45, 7) is 0.719. The van der Waals surface area contributed by atoms with Gasteiger partial charge < -0.3 is 14.6 Å². The van der Waals surface area contributed by atoms with Crippen molar-refractivity contribution in [2.45, 2.75) is 24.7 Å². The normalized spacial score (nSPS) is 59.4. The van der Waals surface area contributed by atoms with E-state index in [4.69, 9.17) is 10.8 Å². The summed E-state index contributed by atoms with van der Waals surface area (Å²) in [4.78, 5) is 0. The van der Waals surface area contributed by atoms with E-state index in [1.165, 1.54) is 0 Å². The zero-order chi connectivity index (χ0) is 7.14. The summed E-state index contributed by atoms with van der Waals surface area (Å²) in [6.07, 6.45) is -1.24. The fourth-order valence-electron chi connectivity index (χ4n) is 1.29. The lowest BCUT2D eigenvalue weighted by Gasteiger charge is -2.08. The summed E-state index contributed by atoms with van der Waals surface area (Å²) in [7, 11) is 0. The average Bonchev–Trinajstić information content (AvgIpc) is 2.41. The summed E-state index contributed by atoms with van der Waals surface area (Å²) in [5, 5.41) is 9.18. The highest BCUT2D eigenvalue weighted by Gasteiger charge is 2.40. The van der Waals surface area contributed by atoms with E-state index in [0.717, 1.165) is 0 Å². The number of fused-ring (bicyclic) bond motifs is 1. The molecule has 0 aromatic heterocycles. The lowest BCUT2D eigenvalue weighted by atomic mass is 10.1. The number of rotatable bonds is 0. The molecule has 0 amide bonds. The minimum Gasteiger partial charge on any atom is -0.388 e. The van der Waals surface area contributed by atoms with Crippen LogP contribution in [-0.4, -0.2) is 36.6 Å². The second kappa shape index (κ2) is 1.94. The predicted octanol–water partition coefficient (Wildman–Crippen LogP) is -0.465. The van der Waals surface area contributed by atoms with Crippen molar-refractivity contribution < 1.29 is 16.0 Å². The van der Waals surface area contributed by atoms with E-state index in [-0.39, 0.29) is 18.6 Å². The van der Waals surface area contributed by atoms with Gasteiger partial charge in [0.15, 0.2) is 0 Å². The molecule has 0 aromatic rings. The van der Waals surface area contributed by atoms with E-state index in [0.29, 0.717) is 13.2 Å². The Morgan fingerprint density at radius 2 is 2.44 bits per heavy atom. The molecule has 0 bridgehead atoms. The first-order chi connectivity index (χ1) is 4.79. The van der Waals surface area contributed by atoms with E-state index >= 15 is 0 Å². The topological polar surface area (TPSA) is 38.7 Å². The fraction of sp³-hybridized carbons (Fsp3) is 1.00. The Labute approximate surface area is 55.0 Å². The summed E-state index contributed by atoms with van der Waals surface area (Å²) < 4.78 is 17.7. The second-order valence-electron chi connectivity index (χ2n) is 2.40. The maximum atomic E-state index is 9.18. The fourth-order valence-corrected chi connectivity index (χ4v) is 1.29. The average molecular weight is 131 g/mol. The van der Waals surface area contributed by atoms with Gasteiger partial charge in [-0.15, -0.1) is 0 Å². The number of aliphatic hydroxyl groups excluding tert-OH is 1. The van der Waals surface area contributed by atoms with Crippen LogP contribution in [0, 0.1) is 0 Å². The zero-order valence-corrected chi connectivity index (χ0v) is 4.99. The third-order valence-corrected chi connectivity index (χ3v) is 1.78. The van der Waals surface area contributed by atoms with Crippen molar-refractivity contribution in [2.75, 3.05) is 13.2 Å². The van der Waals surface area contributed by atoms with Gasteiger partial charge in [0, 0.05) is 7.98 Å². The van der Waals surface area contributed by atoms with Crippen molar-refractivity contribution in [1.29, 1.82) is 0 Å². The van der Waals surface area contributed by atoms with Crippen molar-refractivity contribution in [3.63, 3.8) is 0 Å². The molecule has 2 aliphatic rings. The predicted molar refractivity (Wildman–Crippen MR) is 30.1 cm³/mol. The maximum absolute atomic E-state index is 9.18. The summed E-state index contributed by atoms with van der Waals surface area (Å²) >= 11 is 0. The van der Waals surface area contributed by atoms with Crippen molar-refractivity contribution in [3.8, 4) is 0 Å². The van der Waals surface area contributed by atoms with Crippen molar-refractivity contribution in [3.05, 3.63) is 0 Å². The van der Waals surface area contributed by atoms with Crippen molar-refractivity contribution >= 4 is 0 Å². The van der Waals surface area contributed by atoms with Crippen molar-refractivity contribution in [1.82, 2.24) is 0 Å². The highest BCUT2D eigenvalue weighted by Crippen LogP contribution is 2.25. The van der Waals surface area contributed by atoms with Gasteiger partial charge in [-0.3, -0.25) is 0 Å². The molecule has 0 aliphatic carbocycles. The molecular formula is C6H10O3. The van der Waals surface area contributed by atoms with Gasteiger partial charge >= 0.3 is 0 Å². The molecule has 0 aromatic carbocycles. The van der Waals surface area contributed by atoms with Crippen LogP contribution in [0.4, 0.5) is 0 Å². The van der Waals surface area contributed by atoms with E-state index in [1.807, 2.05) is 0 Å². The molecule has 52 valence electrons. The molecule has 0 unspecified atom stereocenters. The standard InChI is InChI=1S/C6H10O3/c7-4-3-9-5-1-2-8-6(4)5/h4-7H,1-3H2/t4-,5+,6+/m0/s1/i1D/t1-,4+,5-,6-/m1. The number of ether oxygens (including phenoxy) is 2. The third-order valence-electron chi connectivity index (χ3n) is 1.78. The van der Waals surface area contributed by atoms with Crippen LogP contribution in [0.5, 0.6) is 0 Å². The monoisotopic (exact) mass is 131 g/mol. The Bertz CT molecular complexity index is 125. The van der Waals surface area contributed by atoms with Gasteiger partial charge in [0.1, 0.15) is 12.2 Å². The van der Waals surface area contributed by atoms with E-state index in [1.54, 1.807) is 0 Å². The summed E-state index contributed by atoms with van der Waals surface area (Å²) in [5.41, 5.74) is 0. The first-order valence-corrected chi connectivity index (χ1v) is 3.12. The van der Waals surface area contributed by atoms with Gasteiger partial charge in [-0.05, 0) is 6.40 Å². The highest BCUT2D eigenvalue weighted by atomic mass is 16.6. The Kier molecular flexibility index (Phi) is 1.00. The maximum Gasteiger partial charge on any atom is 0.112 e. The Hall–Kier alpha value is -0.120. The molecular weight excluding hydrogens is 120 g/mol. The Balaban J connectivity index is 2.09. The largest absolute Gasteiger partial charge is 0.388 e. The SMILES string of the molecule is [2H][C@@H]1CO[C@H]2[C@@H]1OC[C@@H]2O. The molecule has 0 radical (unpaired) electrons. The van der Waals surface area contributed by atoms with Crippen LogP contribution in [0.15, 0.2) is 0 Å². The van der Waals surface area contributed by atoms with Gasteiger partial charge in [0.25, 0.3) is 0 Å². The Morgan fingerprint density at radius 3 is 3.22 bits per heavy atom. The lowest BCUT2D eigenvalue weighted by molar-refractivity contribution is 0.0187. The van der Waals surface area contributed by atoms with Crippen LogP contribution < -0.4 is 0 Å². The molecule has 0 spiro atoms. The molecule has 2 rings (SSSR count). The van der Waals surface area contributed by atoms with Crippen molar-refractivity contribution in [2.24, 2.45) is 0 Å². The zero-order valence-electron chi connectivity index (χ0n) is 5.99. The molecule has 2 heterocycles. The highest BCUT2D eigenvalue weighted by molar-refractivity contribution is 4.88. The van der Waals surface area contributed by atoms with Crippen LogP contribution >= 0.6 is 0 Å². The first kappa shape index (κ1) is 4.66. The quantitative estimate of drug-likeness (QED) is 0.483. The van der Waals surface area contributed by atoms with E-state index in [2.05, 4.69) is 0 Å². The molecule has 3 heteroatoms. The lowest BCUT2D eigenvalue weighted by Crippen LogP contribution is -2.26. The molecule has 4 atom stereocenters. The van der Waals surface area contributed by atoms with Gasteiger partial charge in [-0.25, -0.2) is 0 Å². The van der Waals surface area contributed by atoms with Crippen LogP contribution in [0.2, 0.25) is 0 Å². The number of aliphatic hydroxyl groups is 1. The van der Waals surface area contributed by atoms with Gasteiger partial charge in [-0.2, -0.15) is 0 Å². The molecule has 2 fully saturated rings. The van der Waals surface area contributed by atoms with E-state index in [9.17, 15) is 5.11 Å². The van der Waals surface area contributed by atoms with Gasteiger partial charge in [0.05, 0.1) is 12.7 Å². The van der Waals surface area contributed by atoms with Gasteiger partial charge in [0.2, 0.25) is 0 Å². The minimum absolute atomic E-state index is 0.185. The van der Waals surface area contributed by atoms with E-state index < -0.39 is 6.10 Å². The molecule has 2 saturated heterocycles. The molecule has 9 heavy (non-hydrogen) atoms. The summed E-state index contributed by atoms with van der Waals surface area (Å²) in [6, 6.07) is 0. The number of hydrogen-bond acceptors (Lipinski definition) is 3. The van der Waals surface area contributed by atoms with Gasteiger partial charge in [-0.1, -0.05) is 0 Å². The van der Waals surface area contributed by atoms with Crippen LogP contribution in [0.1, 0.15) is 7.77 Å². The van der Waals surface area contributed by atoms with Crippen LogP contribution in [0.3, 0.4) is 0 Å². The molecule has 3 nitrogen and oxygen atoms in total. The van der Waals surface area contributed by atoms with Crippen LogP contribution in [-0.2, 0) is 9.47 Å². The number of hydrogen-bond donors (Lipinski definition) is 1. The molecule has 2 aliphatic heterocycles. The molecule has 1 N–H and O–H groups in total. The Morgan fingerprint density at radius 1 is 1.56 bits per heavy atom. The summed E-state index contributed by atoms with van der Waals surface area (Å²) in [5.74, 6) is 0. The second-order valence-corrected chi connectivity index (χ2v) is 2.40. The smallest absolute Gasteiger partial charge is 0.112 e. The molecule has 0 saturated carbocycles. The van der Waals surface area contributed by atoms with Crippen LogP contribution in [0.25, 0.3) is 0 Å². The first-order valence-electron chi connectivity index (χ1n) is 3.70. The minimum atomic E-state index is -0.514.